The molecular weight excluding hydrogens is 315 g/mol. The van der Waals surface area contributed by atoms with Gasteiger partial charge in [0.1, 0.15) is 11.6 Å². The van der Waals surface area contributed by atoms with Crippen LogP contribution in [0, 0.1) is 0 Å². The molecule has 0 fully saturated rings. The van der Waals surface area contributed by atoms with Crippen molar-refractivity contribution in [1.29, 1.82) is 0 Å². The fourth-order valence-electron chi connectivity index (χ4n) is 2.90. The van der Waals surface area contributed by atoms with Gasteiger partial charge in [0.25, 0.3) is 8.32 Å². The maximum Gasteiger partial charge on any atom is 0.250 e. The third-order valence-corrected chi connectivity index (χ3v) is 9.24. The zero-order valence-electron chi connectivity index (χ0n) is 14.9. The van der Waals surface area contributed by atoms with Crippen LogP contribution in [0.5, 0.6) is 0 Å². The van der Waals surface area contributed by atoms with Crippen LogP contribution in [0.4, 0.5) is 4.39 Å². The van der Waals surface area contributed by atoms with E-state index in [0.29, 0.717) is 5.76 Å². The van der Waals surface area contributed by atoms with Gasteiger partial charge in [-0.25, -0.2) is 4.39 Å². The number of hydrogen-bond donors (Lipinski definition) is 0. The lowest BCUT2D eigenvalue weighted by molar-refractivity contribution is 0.460. The van der Waals surface area contributed by atoms with Crippen molar-refractivity contribution < 1.29 is 8.82 Å². The summed E-state index contributed by atoms with van der Waals surface area (Å²) in [6.45, 7) is 6.49. The zero-order chi connectivity index (χ0) is 17.4. The molecule has 0 aliphatic carbocycles. The van der Waals surface area contributed by atoms with Gasteiger partial charge in [-0.15, -0.1) is 0 Å². The Bertz CT molecular complexity index is 640. The molecule has 0 unspecified atom stereocenters. The fourth-order valence-corrected chi connectivity index (χ4v) is 5.49. The molecule has 0 aromatic heterocycles. The monoisotopic (exact) mass is 342 g/mol. The molecule has 0 radical (unpaired) electrons. The third kappa shape index (κ3) is 4.57. The van der Waals surface area contributed by atoms with Gasteiger partial charge in [-0.2, -0.15) is 0 Å². The largest absolute Gasteiger partial charge is 0.541 e. The van der Waals surface area contributed by atoms with Crippen LogP contribution in [0.3, 0.4) is 0 Å². The Morgan fingerprint density at radius 2 is 1.33 bits per heavy atom. The molecule has 0 heterocycles. The van der Waals surface area contributed by atoms with Crippen LogP contribution in [0.15, 0.2) is 66.5 Å². The van der Waals surface area contributed by atoms with Gasteiger partial charge in [-0.3, -0.25) is 0 Å². The average Bonchev–Trinajstić information content (AvgIpc) is 2.65. The smallest absolute Gasteiger partial charge is 0.250 e. The third-order valence-electron chi connectivity index (χ3n) is 4.74. The molecule has 1 nitrogen and oxygen atoms in total. The number of rotatable bonds is 8. The van der Waals surface area contributed by atoms with Gasteiger partial charge in [0.15, 0.2) is 0 Å². The Labute approximate surface area is 146 Å². The van der Waals surface area contributed by atoms with E-state index in [1.807, 2.05) is 60.7 Å². The number of hydrogen-bond acceptors (Lipinski definition) is 1. The van der Waals surface area contributed by atoms with E-state index < -0.39 is 8.32 Å². The van der Waals surface area contributed by atoms with Crippen molar-refractivity contribution in [2.45, 2.75) is 45.3 Å². The SMILES string of the molecule is CC[Si](CC)(CC)O/C(=C(\F)Cc1ccccc1)c1ccccc1. The molecule has 0 saturated heterocycles. The molecule has 0 atom stereocenters. The second-order valence-corrected chi connectivity index (χ2v) is 10.8. The minimum atomic E-state index is -1.94. The minimum absolute atomic E-state index is 0.181. The van der Waals surface area contributed by atoms with E-state index in [9.17, 15) is 0 Å². The first-order valence-corrected chi connectivity index (χ1v) is 11.3. The van der Waals surface area contributed by atoms with Crippen molar-refractivity contribution in [3.05, 3.63) is 77.6 Å². The predicted octanol–water partition coefficient (Wildman–Crippen LogP) is 6.59. The molecule has 0 amide bonds. The summed E-state index contributed by atoms with van der Waals surface area (Å²) in [6.07, 6.45) is 0.271. The molecule has 2 rings (SSSR count). The van der Waals surface area contributed by atoms with E-state index in [1.165, 1.54) is 0 Å². The van der Waals surface area contributed by atoms with Gasteiger partial charge in [0, 0.05) is 12.0 Å². The van der Waals surface area contributed by atoms with Crippen LogP contribution in [0.1, 0.15) is 31.9 Å². The lowest BCUT2D eigenvalue weighted by Crippen LogP contribution is -2.35. The highest BCUT2D eigenvalue weighted by Gasteiger charge is 2.32. The topological polar surface area (TPSA) is 9.23 Å². The van der Waals surface area contributed by atoms with Gasteiger partial charge in [-0.1, -0.05) is 81.4 Å². The highest BCUT2D eigenvalue weighted by atomic mass is 28.4. The summed E-state index contributed by atoms with van der Waals surface area (Å²) in [6, 6.07) is 22.4. The van der Waals surface area contributed by atoms with Crippen LogP contribution in [-0.2, 0) is 10.8 Å². The van der Waals surface area contributed by atoms with Crippen LogP contribution >= 0.6 is 0 Å². The Balaban J connectivity index is 2.41. The Morgan fingerprint density at radius 3 is 1.83 bits per heavy atom. The van der Waals surface area contributed by atoms with Crippen molar-refractivity contribution in [3.8, 4) is 0 Å². The highest BCUT2D eigenvalue weighted by Crippen LogP contribution is 2.32. The Kier molecular flexibility index (Phi) is 6.80. The summed E-state index contributed by atoms with van der Waals surface area (Å²) in [5.74, 6) is 0.260. The summed E-state index contributed by atoms with van der Waals surface area (Å²) in [5.41, 5.74) is 1.79. The van der Waals surface area contributed by atoms with Crippen molar-refractivity contribution in [2.75, 3.05) is 0 Å². The van der Waals surface area contributed by atoms with E-state index in [-0.39, 0.29) is 12.2 Å². The van der Waals surface area contributed by atoms with Gasteiger partial charge in [0.05, 0.1) is 0 Å². The molecule has 24 heavy (non-hydrogen) atoms. The molecule has 0 N–H and O–H groups in total. The maximum atomic E-state index is 15.2. The van der Waals surface area contributed by atoms with Crippen LogP contribution < -0.4 is 0 Å². The van der Waals surface area contributed by atoms with Crippen molar-refractivity contribution in [3.63, 3.8) is 0 Å². The first kappa shape index (κ1) is 18.5. The molecule has 128 valence electrons. The zero-order valence-corrected chi connectivity index (χ0v) is 15.9. The second-order valence-electron chi connectivity index (χ2n) is 6.11. The summed E-state index contributed by atoms with van der Waals surface area (Å²) >= 11 is 0. The van der Waals surface area contributed by atoms with Gasteiger partial charge in [-0.05, 0) is 23.7 Å². The van der Waals surface area contributed by atoms with Crippen molar-refractivity contribution in [2.24, 2.45) is 0 Å². The van der Waals surface area contributed by atoms with Gasteiger partial charge < -0.3 is 4.43 Å². The van der Waals surface area contributed by atoms with Crippen LogP contribution in [-0.4, -0.2) is 8.32 Å². The lowest BCUT2D eigenvalue weighted by Gasteiger charge is -2.31. The van der Waals surface area contributed by atoms with E-state index in [1.54, 1.807) is 0 Å². The van der Waals surface area contributed by atoms with E-state index in [4.69, 9.17) is 4.43 Å². The standard InChI is InChI=1S/C21H27FOSi/c1-4-24(5-2,6-3)23-21(19-15-11-8-12-16-19)20(22)17-18-13-9-7-10-14-18/h7-16H,4-6,17H2,1-3H3/b21-20-. The molecule has 0 aliphatic heterocycles. The first-order chi connectivity index (χ1) is 11.6. The maximum absolute atomic E-state index is 15.2. The first-order valence-electron chi connectivity index (χ1n) is 8.81. The molecule has 2 aromatic rings. The van der Waals surface area contributed by atoms with E-state index in [0.717, 1.165) is 29.3 Å². The van der Waals surface area contributed by atoms with Crippen molar-refractivity contribution >= 4 is 14.1 Å². The second kappa shape index (κ2) is 8.83. The molecule has 0 bridgehead atoms. The number of halogens is 1. The van der Waals surface area contributed by atoms with E-state index >= 15 is 4.39 Å². The van der Waals surface area contributed by atoms with Crippen molar-refractivity contribution in [1.82, 2.24) is 0 Å². The molecule has 3 heteroatoms. The van der Waals surface area contributed by atoms with E-state index in [2.05, 4.69) is 20.8 Å². The summed E-state index contributed by atoms with van der Waals surface area (Å²) < 4.78 is 21.6. The molecular formula is C21H27FOSi. The summed E-state index contributed by atoms with van der Waals surface area (Å²) in [4.78, 5) is 0. The fraction of sp³-hybridized carbons (Fsp3) is 0.333. The molecule has 2 aromatic carbocycles. The number of benzene rings is 2. The Morgan fingerprint density at radius 1 is 0.833 bits per heavy atom. The molecule has 0 spiro atoms. The predicted molar refractivity (Wildman–Crippen MR) is 103 cm³/mol. The molecule has 0 saturated carbocycles. The minimum Gasteiger partial charge on any atom is -0.541 e. The number of allylic oxidation sites excluding steroid dienone is 1. The quantitative estimate of drug-likeness (QED) is 0.388. The highest BCUT2D eigenvalue weighted by molar-refractivity contribution is 6.74. The van der Waals surface area contributed by atoms with Crippen LogP contribution in [0.2, 0.25) is 18.1 Å². The normalized spacial score (nSPS) is 12.7. The van der Waals surface area contributed by atoms with Gasteiger partial charge >= 0.3 is 0 Å². The average molecular weight is 343 g/mol. The van der Waals surface area contributed by atoms with Gasteiger partial charge in [0.2, 0.25) is 0 Å². The summed E-state index contributed by atoms with van der Waals surface area (Å²) in [5, 5.41) is 0. The summed E-state index contributed by atoms with van der Waals surface area (Å²) in [7, 11) is -1.94. The Hall–Kier alpha value is -1.87. The molecule has 0 aliphatic rings. The van der Waals surface area contributed by atoms with Crippen LogP contribution in [0.25, 0.3) is 5.76 Å². The lowest BCUT2D eigenvalue weighted by atomic mass is 10.1.